The molecule has 0 aromatic heterocycles. The summed E-state index contributed by atoms with van der Waals surface area (Å²) in [4.78, 5) is 10.6. The van der Waals surface area contributed by atoms with E-state index >= 15 is 0 Å². The molecule has 4 N–H and O–H groups in total. The molecule has 0 saturated heterocycles. The lowest BCUT2D eigenvalue weighted by Crippen LogP contribution is -2.28. The fourth-order valence-electron chi connectivity index (χ4n) is 1.57. The molecule has 1 aromatic carbocycles. The zero-order valence-electron chi connectivity index (χ0n) is 9.67. The normalized spacial score (nSPS) is 13.5. The van der Waals surface area contributed by atoms with Gasteiger partial charge in [0.1, 0.15) is 5.75 Å². The molecule has 0 aliphatic carbocycles. The minimum Gasteiger partial charge on any atom is -0.508 e. The second-order valence-corrected chi connectivity index (χ2v) is 4.11. The van der Waals surface area contributed by atoms with Gasteiger partial charge in [0.15, 0.2) is 0 Å². The van der Waals surface area contributed by atoms with Gasteiger partial charge >= 0.3 is 5.97 Å². The minimum absolute atomic E-state index is 0. The third-order valence-electron chi connectivity index (χ3n) is 2.51. The number of phenolic OH excluding ortho intramolecular Hbond substituents is 1. The number of aromatic hydroxyl groups is 1. The van der Waals surface area contributed by atoms with Crippen LogP contribution >= 0.6 is 12.4 Å². The van der Waals surface area contributed by atoms with E-state index in [1.807, 2.05) is 0 Å². The van der Waals surface area contributed by atoms with Crippen molar-refractivity contribution in [1.29, 1.82) is 0 Å². The topological polar surface area (TPSA) is 83.5 Å². The van der Waals surface area contributed by atoms with Crippen molar-refractivity contribution < 1.29 is 15.0 Å². The lowest BCUT2D eigenvalue weighted by Gasteiger charge is -2.14. The van der Waals surface area contributed by atoms with Crippen LogP contribution in [0.15, 0.2) is 24.3 Å². The summed E-state index contributed by atoms with van der Waals surface area (Å²) in [6.07, 6.45) is 1.08. The molecule has 0 bridgehead atoms. The SMILES string of the molecule is C[C@@H](C[C@@H](N)Cc1ccc(O)cc1)C(=O)O.Cl. The van der Waals surface area contributed by atoms with Gasteiger partial charge < -0.3 is 15.9 Å². The maximum atomic E-state index is 10.6. The Kier molecular flexibility index (Phi) is 6.61. The fraction of sp³-hybridized carbons (Fsp3) is 0.417. The Labute approximate surface area is 107 Å². The number of halogens is 1. The molecule has 1 rings (SSSR count). The summed E-state index contributed by atoms with van der Waals surface area (Å²) in [7, 11) is 0. The number of hydrogen-bond donors (Lipinski definition) is 3. The van der Waals surface area contributed by atoms with Crippen molar-refractivity contribution in [2.75, 3.05) is 0 Å². The third-order valence-corrected chi connectivity index (χ3v) is 2.51. The molecule has 0 fully saturated rings. The zero-order valence-corrected chi connectivity index (χ0v) is 10.5. The Morgan fingerprint density at radius 3 is 2.35 bits per heavy atom. The first kappa shape index (κ1) is 15.7. The van der Waals surface area contributed by atoms with Gasteiger partial charge in [0.2, 0.25) is 0 Å². The van der Waals surface area contributed by atoms with Gasteiger partial charge in [-0.15, -0.1) is 12.4 Å². The largest absolute Gasteiger partial charge is 0.508 e. The summed E-state index contributed by atoms with van der Waals surface area (Å²) in [5.74, 6) is -1.02. The standard InChI is InChI=1S/C12H17NO3.ClH/c1-8(12(15)16)6-10(13)7-9-2-4-11(14)5-3-9;/h2-5,8,10,14H,6-7,13H2,1H3,(H,15,16);1H/t8-,10+;/m0./s1. The van der Waals surface area contributed by atoms with Gasteiger partial charge in [0.05, 0.1) is 5.92 Å². The van der Waals surface area contributed by atoms with Gasteiger partial charge in [-0.1, -0.05) is 19.1 Å². The van der Waals surface area contributed by atoms with Crippen LogP contribution in [0.1, 0.15) is 18.9 Å². The molecule has 0 aliphatic rings. The van der Waals surface area contributed by atoms with E-state index in [-0.39, 0.29) is 24.2 Å². The molecular weight excluding hydrogens is 242 g/mol. The first-order valence-corrected chi connectivity index (χ1v) is 5.25. The summed E-state index contributed by atoms with van der Waals surface area (Å²) in [5, 5.41) is 17.8. The van der Waals surface area contributed by atoms with Crippen molar-refractivity contribution in [3.63, 3.8) is 0 Å². The van der Waals surface area contributed by atoms with E-state index in [4.69, 9.17) is 15.9 Å². The molecule has 0 unspecified atom stereocenters. The van der Waals surface area contributed by atoms with Crippen molar-refractivity contribution in [3.8, 4) is 5.75 Å². The lowest BCUT2D eigenvalue weighted by atomic mass is 9.97. The van der Waals surface area contributed by atoms with Crippen molar-refractivity contribution in [2.45, 2.75) is 25.8 Å². The highest BCUT2D eigenvalue weighted by atomic mass is 35.5. The predicted molar refractivity (Wildman–Crippen MR) is 68.5 cm³/mol. The Morgan fingerprint density at radius 1 is 1.35 bits per heavy atom. The molecule has 0 radical (unpaired) electrons. The van der Waals surface area contributed by atoms with Crippen molar-refractivity contribution in [1.82, 2.24) is 0 Å². The highest BCUT2D eigenvalue weighted by Gasteiger charge is 2.15. The Bertz CT molecular complexity index is 353. The summed E-state index contributed by atoms with van der Waals surface area (Å²) in [6.45, 7) is 1.65. The second-order valence-electron chi connectivity index (χ2n) is 4.11. The van der Waals surface area contributed by atoms with Crippen LogP contribution in [-0.4, -0.2) is 22.2 Å². The Morgan fingerprint density at radius 2 is 1.88 bits per heavy atom. The van der Waals surface area contributed by atoms with Crippen LogP contribution < -0.4 is 5.73 Å². The zero-order chi connectivity index (χ0) is 12.1. The second kappa shape index (κ2) is 7.14. The number of carbonyl (C=O) groups is 1. The van der Waals surface area contributed by atoms with Gasteiger partial charge in [-0.25, -0.2) is 0 Å². The molecule has 0 spiro atoms. The van der Waals surface area contributed by atoms with E-state index in [2.05, 4.69) is 0 Å². The molecule has 0 heterocycles. The maximum Gasteiger partial charge on any atom is 0.306 e. The molecule has 5 heteroatoms. The van der Waals surface area contributed by atoms with Gasteiger partial charge in [0.25, 0.3) is 0 Å². The van der Waals surface area contributed by atoms with E-state index in [0.717, 1.165) is 5.56 Å². The van der Waals surface area contributed by atoms with E-state index in [1.165, 1.54) is 0 Å². The number of rotatable bonds is 5. The third kappa shape index (κ3) is 5.56. The molecule has 2 atom stereocenters. The van der Waals surface area contributed by atoms with E-state index in [9.17, 15) is 4.79 Å². The quantitative estimate of drug-likeness (QED) is 0.753. The smallest absolute Gasteiger partial charge is 0.306 e. The van der Waals surface area contributed by atoms with Crippen molar-refractivity contribution in [3.05, 3.63) is 29.8 Å². The first-order valence-electron chi connectivity index (χ1n) is 5.25. The number of carboxylic acid groups (broad SMARTS) is 1. The minimum atomic E-state index is -0.818. The van der Waals surface area contributed by atoms with Crippen molar-refractivity contribution in [2.24, 2.45) is 11.7 Å². The molecule has 0 saturated carbocycles. The van der Waals surface area contributed by atoms with Crippen LogP contribution in [0.3, 0.4) is 0 Å². The summed E-state index contributed by atoms with van der Waals surface area (Å²) >= 11 is 0. The van der Waals surface area contributed by atoms with E-state index < -0.39 is 11.9 Å². The predicted octanol–water partition coefficient (Wildman–Crippen LogP) is 1.79. The highest BCUT2D eigenvalue weighted by Crippen LogP contribution is 2.13. The highest BCUT2D eigenvalue weighted by molar-refractivity contribution is 5.85. The molecule has 17 heavy (non-hydrogen) atoms. The number of carboxylic acids is 1. The van der Waals surface area contributed by atoms with Crippen molar-refractivity contribution >= 4 is 18.4 Å². The summed E-state index contributed by atoms with van der Waals surface area (Å²) < 4.78 is 0. The summed E-state index contributed by atoms with van der Waals surface area (Å²) in [5.41, 5.74) is 6.86. The molecule has 96 valence electrons. The van der Waals surface area contributed by atoms with Gasteiger partial charge in [-0.05, 0) is 30.5 Å². The van der Waals surface area contributed by atoms with Gasteiger partial charge in [-0.2, -0.15) is 0 Å². The Hall–Kier alpha value is -1.26. The van der Waals surface area contributed by atoms with E-state index in [1.54, 1.807) is 31.2 Å². The van der Waals surface area contributed by atoms with Crippen LogP contribution in [0, 0.1) is 5.92 Å². The molecule has 0 amide bonds. The molecule has 1 aromatic rings. The molecule has 0 aliphatic heterocycles. The number of benzene rings is 1. The average Bonchev–Trinajstić information content (AvgIpc) is 2.21. The monoisotopic (exact) mass is 259 g/mol. The van der Waals surface area contributed by atoms with Crippen LogP contribution in [0.5, 0.6) is 5.75 Å². The number of phenols is 1. The molecule has 4 nitrogen and oxygen atoms in total. The average molecular weight is 260 g/mol. The van der Waals surface area contributed by atoms with Crippen LogP contribution in [0.2, 0.25) is 0 Å². The number of aliphatic carboxylic acids is 1. The van der Waals surface area contributed by atoms with Crippen LogP contribution in [0.25, 0.3) is 0 Å². The summed E-state index contributed by atoms with van der Waals surface area (Å²) in [6, 6.07) is 6.61. The van der Waals surface area contributed by atoms with Crippen LogP contribution in [0.4, 0.5) is 0 Å². The number of nitrogens with two attached hydrogens (primary N) is 1. The fourth-order valence-corrected chi connectivity index (χ4v) is 1.57. The lowest BCUT2D eigenvalue weighted by molar-refractivity contribution is -0.141. The van der Waals surface area contributed by atoms with Crippen LogP contribution in [-0.2, 0) is 11.2 Å². The maximum absolute atomic E-state index is 10.6. The van der Waals surface area contributed by atoms with E-state index in [0.29, 0.717) is 12.8 Å². The first-order chi connectivity index (χ1) is 7.49. The van der Waals surface area contributed by atoms with Gasteiger partial charge in [-0.3, -0.25) is 4.79 Å². The Balaban J connectivity index is 0.00000256. The van der Waals surface area contributed by atoms with Gasteiger partial charge in [0, 0.05) is 6.04 Å². The molecular formula is C12H18ClNO3. The number of hydrogen-bond acceptors (Lipinski definition) is 3.